The summed E-state index contributed by atoms with van der Waals surface area (Å²) in [4.78, 5) is 19.1. The number of nitrogens with zero attached hydrogens (tertiary/aromatic N) is 2. The van der Waals surface area contributed by atoms with E-state index in [1.165, 1.54) is 11.1 Å². The summed E-state index contributed by atoms with van der Waals surface area (Å²) in [5, 5.41) is 3.22. The van der Waals surface area contributed by atoms with Gasteiger partial charge in [-0.25, -0.2) is 9.78 Å². The Morgan fingerprint density at radius 1 is 1.03 bits per heavy atom. The van der Waals surface area contributed by atoms with Crippen molar-refractivity contribution in [2.24, 2.45) is 0 Å². The van der Waals surface area contributed by atoms with Crippen molar-refractivity contribution in [3.05, 3.63) is 95.2 Å². The van der Waals surface area contributed by atoms with E-state index in [9.17, 15) is 4.79 Å². The van der Waals surface area contributed by atoms with E-state index in [2.05, 4.69) is 46.7 Å². The summed E-state index contributed by atoms with van der Waals surface area (Å²) < 4.78 is 5.92. The topological polar surface area (TPSA) is 54.5 Å². The second kappa shape index (κ2) is 9.49. The lowest BCUT2D eigenvalue weighted by Gasteiger charge is -2.28. The van der Waals surface area contributed by atoms with Crippen LogP contribution in [0.5, 0.6) is 11.6 Å². The summed E-state index contributed by atoms with van der Waals surface area (Å²) in [6.07, 6.45) is 5.04. The molecular formula is C28H29N3O2. The first-order valence-corrected chi connectivity index (χ1v) is 11.7. The van der Waals surface area contributed by atoms with E-state index in [-0.39, 0.29) is 12.1 Å². The monoisotopic (exact) mass is 439 g/mol. The second-order valence-corrected chi connectivity index (χ2v) is 8.89. The van der Waals surface area contributed by atoms with Gasteiger partial charge in [0.2, 0.25) is 5.88 Å². The number of piperidine rings is 1. The maximum Gasteiger partial charge on any atom is 0.317 e. The van der Waals surface area contributed by atoms with Crippen LogP contribution < -0.4 is 10.1 Å². The van der Waals surface area contributed by atoms with Gasteiger partial charge in [-0.1, -0.05) is 60.2 Å². The molecular weight excluding hydrogens is 410 g/mol. The number of aromatic nitrogens is 1. The van der Waals surface area contributed by atoms with Crippen LogP contribution in [-0.4, -0.2) is 35.0 Å². The number of hydrogen-bond donors (Lipinski definition) is 1. The molecule has 3 aromatic rings. The number of nitrogens with one attached hydrogen (secondary N) is 1. The zero-order valence-electron chi connectivity index (χ0n) is 18.9. The number of rotatable bonds is 5. The Kier molecular flexibility index (Phi) is 6.11. The van der Waals surface area contributed by atoms with Gasteiger partial charge in [-0.15, -0.1) is 0 Å². The van der Waals surface area contributed by atoms with Gasteiger partial charge in [0.15, 0.2) is 0 Å². The van der Waals surface area contributed by atoms with Crippen LogP contribution >= 0.6 is 0 Å². The number of urea groups is 1. The fraction of sp³-hybridized carbons (Fsp3) is 0.286. The van der Waals surface area contributed by atoms with Crippen molar-refractivity contribution >= 4 is 12.1 Å². The predicted octanol–water partition coefficient (Wildman–Crippen LogP) is 5.93. The number of hydrogen-bond acceptors (Lipinski definition) is 3. The minimum atomic E-state index is 0.0681. The van der Waals surface area contributed by atoms with Crippen LogP contribution in [0.2, 0.25) is 0 Å². The molecule has 1 N–H and O–H groups in total. The number of aryl methyl sites for hydroxylation is 1. The first kappa shape index (κ1) is 21.3. The molecule has 5 rings (SSSR count). The number of likely N-dealkylation sites (tertiary alicyclic amines) is 1. The van der Waals surface area contributed by atoms with Gasteiger partial charge in [-0.05, 0) is 55.5 Å². The third-order valence-electron chi connectivity index (χ3n) is 6.33. The summed E-state index contributed by atoms with van der Waals surface area (Å²) in [5.74, 6) is 1.83. The highest BCUT2D eigenvalue weighted by molar-refractivity contribution is 5.75. The normalized spacial score (nSPS) is 19.7. The molecule has 0 bridgehead atoms. The summed E-state index contributed by atoms with van der Waals surface area (Å²) in [5.41, 5.74) is 4.71. The molecule has 2 unspecified atom stereocenters. The number of benzene rings is 2. The molecule has 1 aromatic heterocycles. The van der Waals surface area contributed by atoms with Crippen molar-refractivity contribution in [1.29, 1.82) is 0 Å². The molecule has 5 nitrogen and oxygen atoms in total. The van der Waals surface area contributed by atoms with Gasteiger partial charge in [0.05, 0.1) is 0 Å². The van der Waals surface area contributed by atoms with Gasteiger partial charge < -0.3 is 15.0 Å². The Bertz CT molecular complexity index is 1150. The molecule has 1 aliphatic carbocycles. The van der Waals surface area contributed by atoms with Gasteiger partial charge in [0, 0.05) is 36.8 Å². The molecule has 1 aliphatic heterocycles. The number of amides is 2. The molecule has 0 radical (unpaired) electrons. The van der Waals surface area contributed by atoms with E-state index < -0.39 is 0 Å². The van der Waals surface area contributed by atoms with E-state index in [1.807, 2.05) is 54.3 Å². The van der Waals surface area contributed by atoms with Crippen molar-refractivity contribution in [3.8, 4) is 11.6 Å². The van der Waals surface area contributed by atoms with Crippen LogP contribution in [0.15, 0.2) is 78.4 Å². The Hall–Kier alpha value is -3.60. The van der Waals surface area contributed by atoms with Crippen molar-refractivity contribution < 1.29 is 9.53 Å². The first-order valence-electron chi connectivity index (χ1n) is 11.7. The van der Waals surface area contributed by atoms with Crippen molar-refractivity contribution in [1.82, 2.24) is 15.2 Å². The van der Waals surface area contributed by atoms with E-state index in [0.29, 0.717) is 11.8 Å². The Morgan fingerprint density at radius 2 is 1.82 bits per heavy atom. The van der Waals surface area contributed by atoms with Crippen LogP contribution in [0, 0.1) is 6.92 Å². The molecule has 2 fully saturated rings. The van der Waals surface area contributed by atoms with Crippen LogP contribution in [0.1, 0.15) is 42.0 Å². The molecule has 2 aliphatic rings. The highest BCUT2D eigenvalue weighted by Crippen LogP contribution is 2.40. The number of ether oxygens (including phenoxy) is 1. The molecule has 0 spiro atoms. The minimum Gasteiger partial charge on any atom is -0.439 e. The fourth-order valence-electron chi connectivity index (χ4n) is 4.41. The molecule has 2 aromatic carbocycles. The first-order chi connectivity index (χ1) is 16.1. The number of carbonyl (C=O) groups excluding carboxylic acids is 1. The van der Waals surface area contributed by atoms with Crippen LogP contribution in [-0.2, 0) is 0 Å². The highest BCUT2D eigenvalue weighted by atomic mass is 16.5. The smallest absolute Gasteiger partial charge is 0.317 e. The summed E-state index contributed by atoms with van der Waals surface area (Å²) in [6, 6.07) is 24.6. The lowest BCUT2D eigenvalue weighted by molar-refractivity contribution is 0.193. The zero-order chi connectivity index (χ0) is 22.6. The molecule has 2 amide bonds. The fourth-order valence-corrected chi connectivity index (χ4v) is 4.41. The minimum absolute atomic E-state index is 0.0681. The SMILES string of the molecule is Cc1cccc(Oc2cccc(C=C3CCN(C(=O)NC4CC4c4ccccc4)CC3)c2)n1. The Morgan fingerprint density at radius 3 is 2.61 bits per heavy atom. The molecule has 168 valence electrons. The molecule has 1 saturated heterocycles. The van der Waals surface area contributed by atoms with Crippen molar-refractivity contribution in [3.63, 3.8) is 0 Å². The predicted molar refractivity (Wildman–Crippen MR) is 130 cm³/mol. The summed E-state index contributed by atoms with van der Waals surface area (Å²) in [7, 11) is 0. The third kappa shape index (κ3) is 5.43. The zero-order valence-corrected chi connectivity index (χ0v) is 18.9. The lowest BCUT2D eigenvalue weighted by Crippen LogP contribution is -2.44. The maximum atomic E-state index is 12.7. The van der Waals surface area contributed by atoms with Crippen molar-refractivity contribution in [2.45, 2.75) is 38.1 Å². The Balaban J connectivity index is 1.13. The molecule has 33 heavy (non-hydrogen) atoms. The van der Waals surface area contributed by atoms with Gasteiger partial charge in [-0.3, -0.25) is 0 Å². The van der Waals surface area contributed by atoms with Gasteiger partial charge >= 0.3 is 6.03 Å². The molecule has 2 heterocycles. The average Bonchev–Trinajstić information content (AvgIpc) is 3.59. The van der Waals surface area contributed by atoms with Crippen molar-refractivity contribution in [2.75, 3.05) is 13.1 Å². The lowest BCUT2D eigenvalue weighted by atomic mass is 10.0. The van der Waals surface area contributed by atoms with Gasteiger partial charge in [0.1, 0.15) is 5.75 Å². The standard InChI is InChI=1S/C28H29N3O2/c1-20-7-5-12-27(29-20)33-24-11-6-8-22(18-24)17-21-13-15-31(16-14-21)28(32)30-26-19-25(26)23-9-3-2-4-10-23/h2-12,17-18,25-26H,13-16,19H2,1H3,(H,30,32). The van der Waals surface area contributed by atoms with Crippen LogP contribution in [0.3, 0.4) is 0 Å². The van der Waals surface area contributed by atoms with Gasteiger partial charge in [0.25, 0.3) is 0 Å². The van der Waals surface area contributed by atoms with E-state index in [4.69, 9.17) is 4.74 Å². The Labute approximate surface area is 195 Å². The molecule has 1 saturated carbocycles. The van der Waals surface area contributed by atoms with Crippen LogP contribution in [0.25, 0.3) is 6.08 Å². The van der Waals surface area contributed by atoms with E-state index in [1.54, 1.807) is 0 Å². The quantitative estimate of drug-likeness (QED) is 0.536. The van der Waals surface area contributed by atoms with Crippen LogP contribution in [0.4, 0.5) is 4.79 Å². The van der Waals surface area contributed by atoms with E-state index in [0.717, 1.165) is 49.4 Å². The third-order valence-corrected chi connectivity index (χ3v) is 6.33. The number of pyridine rings is 1. The maximum absolute atomic E-state index is 12.7. The summed E-state index contributed by atoms with van der Waals surface area (Å²) >= 11 is 0. The number of carbonyl (C=O) groups is 1. The summed E-state index contributed by atoms with van der Waals surface area (Å²) in [6.45, 7) is 3.46. The highest BCUT2D eigenvalue weighted by Gasteiger charge is 2.40. The second-order valence-electron chi connectivity index (χ2n) is 8.89. The molecule has 2 atom stereocenters. The average molecular weight is 440 g/mol. The largest absolute Gasteiger partial charge is 0.439 e. The molecule has 5 heteroatoms. The van der Waals surface area contributed by atoms with E-state index >= 15 is 0 Å². The van der Waals surface area contributed by atoms with Gasteiger partial charge in [-0.2, -0.15) is 0 Å².